The van der Waals surface area contributed by atoms with Gasteiger partial charge in [-0.1, -0.05) is 27.7 Å². The minimum Gasteiger partial charge on any atom is -0.314 e. The first-order valence-electron chi connectivity index (χ1n) is 5.34. The summed E-state index contributed by atoms with van der Waals surface area (Å²) < 4.78 is 0. The summed E-state index contributed by atoms with van der Waals surface area (Å²) in [5.74, 6) is 2.62. The lowest BCUT2D eigenvalue weighted by atomic mass is 9.81. The average Bonchev–Trinajstić information content (AvgIpc) is 2.04. The van der Waals surface area contributed by atoms with Gasteiger partial charge in [-0.05, 0) is 37.1 Å². The van der Waals surface area contributed by atoms with Gasteiger partial charge in [0, 0.05) is 6.04 Å². The van der Waals surface area contributed by atoms with E-state index in [-0.39, 0.29) is 0 Å². The molecule has 0 amide bonds. The number of nitrogens with one attached hydrogen (secondary N) is 1. The Balaban J connectivity index is 2.40. The van der Waals surface area contributed by atoms with Gasteiger partial charge in [0.25, 0.3) is 0 Å². The van der Waals surface area contributed by atoms with Gasteiger partial charge in [-0.2, -0.15) is 0 Å². The third-order valence-corrected chi connectivity index (χ3v) is 3.23. The maximum Gasteiger partial charge on any atom is 0.00928 e. The van der Waals surface area contributed by atoms with Crippen LogP contribution in [-0.4, -0.2) is 12.6 Å². The molecule has 0 saturated carbocycles. The quantitative estimate of drug-likeness (QED) is 0.670. The molecular formula is C11H23N. The Kier molecular flexibility index (Phi) is 3.57. The van der Waals surface area contributed by atoms with Crippen molar-refractivity contribution in [1.29, 1.82) is 0 Å². The predicted molar refractivity (Wildman–Crippen MR) is 54.2 cm³/mol. The fraction of sp³-hybridized carbons (Fsp3) is 1.00. The normalized spacial score (nSPS) is 31.5. The van der Waals surface area contributed by atoms with E-state index in [0.29, 0.717) is 0 Å². The zero-order valence-electron chi connectivity index (χ0n) is 8.93. The van der Waals surface area contributed by atoms with Crippen LogP contribution >= 0.6 is 0 Å². The summed E-state index contributed by atoms with van der Waals surface area (Å²) >= 11 is 0. The van der Waals surface area contributed by atoms with Crippen LogP contribution in [0, 0.1) is 17.8 Å². The molecular weight excluding hydrogens is 146 g/mol. The van der Waals surface area contributed by atoms with Crippen molar-refractivity contribution in [3.8, 4) is 0 Å². The van der Waals surface area contributed by atoms with Gasteiger partial charge in [0.1, 0.15) is 0 Å². The van der Waals surface area contributed by atoms with E-state index in [4.69, 9.17) is 0 Å². The lowest BCUT2D eigenvalue weighted by Gasteiger charge is -2.34. The molecule has 1 aliphatic heterocycles. The van der Waals surface area contributed by atoms with Crippen molar-refractivity contribution < 1.29 is 0 Å². The van der Waals surface area contributed by atoms with Crippen molar-refractivity contribution in [1.82, 2.24) is 5.32 Å². The molecule has 1 aliphatic rings. The molecule has 0 aliphatic carbocycles. The Morgan fingerprint density at radius 3 is 2.25 bits per heavy atom. The summed E-state index contributed by atoms with van der Waals surface area (Å²) in [5.41, 5.74) is 0. The Morgan fingerprint density at radius 1 is 1.08 bits per heavy atom. The minimum atomic E-state index is 0.770. The lowest BCUT2D eigenvalue weighted by molar-refractivity contribution is 0.211. The highest BCUT2D eigenvalue weighted by Gasteiger charge is 2.25. The molecule has 72 valence electrons. The van der Waals surface area contributed by atoms with Crippen molar-refractivity contribution >= 4 is 0 Å². The van der Waals surface area contributed by atoms with Crippen molar-refractivity contribution in [2.45, 2.75) is 46.6 Å². The summed E-state index contributed by atoms with van der Waals surface area (Å²) in [4.78, 5) is 0. The molecule has 1 nitrogen and oxygen atoms in total. The fourth-order valence-electron chi connectivity index (χ4n) is 2.09. The second-order valence-corrected chi connectivity index (χ2v) is 4.83. The molecule has 0 radical (unpaired) electrons. The summed E-state index contributed by atoms with van der Waals surface area (Å²) in [6.07, 6.45) is 2.76. The van der Waals surface area contributed by atoms with Crippen LogP contribution in [0.2, 0.25) is 0 Å². The van der Waals surface area contributed by atoms with Gasteiger partial charge in [0.2, 0.25) is 0 Å². The largest absolute Gasteiger partial charge is 0.314 e. The molecule has 0 aromatic carbocycles. The Labute approximate surface area is 76.9 Å². The Bertz CT molecular complexity index is 115. The molecule has 2 atom stereocenters. The van der Waals surface area contributed by atoms with Gasteiger partial charge in [-0.3, -0.25) is 0 Å². The predicted octanol–water partition coefficient (Wildman–Crippen LogP) is 2.67. The first-order valence-corrected chi connectivity index (χ1v) is 5.34. The number of piperidine rings is 1. The Hall–Kier alpha value is -0.0400. The number of hydrogen-bond donors (Lipinski definition) is 1. The molecule has 0 unspecified atom stereocenters. The molecule has 12 heavy (non-hydrogen) atoms. The maximum absolute atomic E-state index is 3.60. The summed E-state index contributed by atoms with van der Waals surface area (Å²) in [6, 6.07) is 0.770. The highest BCUT2D eigenvalue weighted by molar-refractivity contribution is 4.81. The van der Waals surface area contributed by atoms with Crippen LogP contribution in [0.4, 0.5) is 0 Å². The zero-order valence-corrected chi connectivity index (χ0v) is 8.93. The fourth-order valence-corrected chi connectivity index (χ4v) is 2.09. The van der Waals surface area contributed by atoms with E-state index >= 15 is 0 Å². The van der Waals surface area contributed by atoms with E-state index < -0.39 is 0 Å². The molecule has 0 spiro atoms. The van der Waals surface area contributed by atoms with Crippen LogP contribution in [0.25, 0.3) is 0 Å². The van der Waals surface area contributed by atoms with E-state index in [9.17, 15) is 0 Å². The van der Waals surface area contributed by atoms with Crippen molar-refractivity contribution in [3.63, 3.8) is 0 Å². The highest BCUT2D eigenvalue weighted by atomic mass is 14.9. The van der Waals surface area contributed by atoms with Crippen LogP contribution in [0.3, 0.4) is 0 Å². The van der Waals surface area contributed by atoms with Gasteiger partial charge in [-0.15, -0.1) is 0 Å². The average molecular weight is 169 g/mol. The van der Waals surface area contributed by atoms with Crippen LogP contribution in [0.1, 0.15) is 40.5 Å². The highest BCUT2D eigenvalue weighted by Crippen LogP contribution is 2.26. The monoisotopic (exact) mass is 169 g/mol. The van der Waals surface area contributed by atoms with Crippen molar-refractivity contribution in [2.75, 3.05) is 6.54 Å². The molecule has 1 N–H and O–H groups in total. The first-order chi connectivity index (χ1) is 5.61. The number of hydrogen-bond acceptors (Lipinski definition) is 1. The topological polar surface area (TPSA) is 12.0 Å². The van der Waals surface area contributed by atoms with Crippen LogP contribution in [0.5, 0.6) is 0 Å². The van der Waals surface area contributed by atoms with E-state index in [0.717, 1.165) is 23.8 Å². The van der Waals surface area contributed by atoms with Gasteiger partial charge in [-0.25, -0.2) is 0 Å². The third-order valence-electron chi connectivity index (χ3n) is 3.23. The van der Waals surface area contributed by atoms with Gasteiger partial charge in [0.15, 0.2) is 0 Å². The van der Waals surface area contributed by atoms with E-state index in [1.165, 1.54) is 19.4 Å². The standard InChI is InChI=1S/C11H23N/c1-8(2)10-5-6-12-11(7-10)9(3)4/h8-12H,5-7H2,1-4H3/t10-,11+/m0/s1. The summed E-state index contributed by atoms with van der Waals surface area (Å²) in [5, 5.41) is 3.60. The molecule has 1 saturated heterocycles. The smallest absolute Gasteiger partial charge is 0.00928 e. The second-order valence-electron chi connectivity index (χ2n) is 4.83. The number of rotatable bonds is 2. The zero-order chi connectivity index (χ0) is 9.14. The molecule has 1 heterocycles. The molecule has 1 rings (SSSR count). The summed E-state index contributed by atoms with van der Waals surface area (Å²) in [6.45, 7) is 10.6. The maximum atomic E-state index is 3.60. The van der Waals surface area contributed by atoms with Gasteiger partial charge in [0.05, 0.1) is 0 Å². The van der Waals surface area contributed by atoms with Crippen LogP contribution in [0.15, 0.2) is 0 Å². The molecule has 1 heteroatoms. The van der Waals surface area contributed by atoms with Crippen molar-refractivity contribution in [2.24, 2.45) is 17.8 Å². The van der Waals surface area contributed by atoms with Gasteiger partial charge >= 0.3 is 0 Å². The second kappa shape index (κ2) is 4.27. The minimum absolute atomic E-state index is 0.770. The van der Waals surface area contributed by atoms with Crippen molar-refractivity contribution in [3.05, 3.63) is 0 Å². The van der Waals surface area contributed by atoms with Gasteiger partial charge < -0.3 is 5.32 Å². The van der Waals surface area contributed by atoms with E-state index in [2.05, 4.69) is 33.0 Å². The molecule has 0 aromatic heterocycles. The lowest BCUT2D eigenvalue weighted by Crippen LogP contribution is -2.42. The molecule has 0 bridgehead atoms. The third kappa shape index (κ3) is 2.48. The SMILES string of the molecule is CC(C)[C@H]1CCN[C@@H](C(C)C)C1. The van der Waals surface area contributed by atoms with E-state index in [1.54, 1.807) is 0 Å². The van der Waals surface area contributed by atoms with Crippen LogP contribution < -0.4 is 5.32 Å². The van der Waals surface area contributed by atoms with Crippen LogP contribution in [-0.2, 0) is 0 Å². The molecule has 1 fully saturated rings. The van der Waals surface area contributed by atoms with E-state index in [1.807, 2.05) is 0 Å². The summed E-state index contributed by atoms with van der Waals surface area (Å²) in [7, 11) is 0. The first kappa shape index (κ1) is 10.0. The molecule has 0 aromatic rings. The Morgan fingerprint density at radius 2 is 1.75 bits per heavy atom.